The van der Waals surface area contributed by atoms with Crippen molar-refractivity contribution in [3.8, 4) is 5.69 Å². The summed E-state index contributed by atoms with van der Waals surface area (Å²) in [5.74, 6) is 2.42. The lowest BCUT2D eigenvalue weighted by molar-refractivity contribution is 0.191. The number of nitrogens with one attached hydrogen (secondary N) is 2. The molecule has 146 valence electrons. The van der Waals surface area contributed by atoms with Gasteiger partial charge in [0.25, 0.3) is 0 Å². The summed E-state index contributed by atoms with van der Waals surface area (Å²) in [7, 11) is 0. The molecular weight excluding hydrogens is 354 g/mol. The van der Waals surface area contributed by atoms with Crippen molar-refractivity contribution in [2.45, 2.75) is 39.5 Å². The van der Waals surface area contributed by atoms with Crippen molar-refractivity contribution in [2.24, 2.45) is 0 Å². The lowest BCUT2D eigenvalue weighted by atomic mass is 9.98. The van der Waals surface area contributed by atoms with Crippen LogP contribution in [0.4, 0.5) is 10.6 Å². The number of para-hydroxylation sites is 1. The molecule has 1 atom stereocenters. The highest BCUT2D eigenvalue weighted by atomic mass is 16.2. The van der Waals surface area contributed by atoms with E-state index in [0.29, 0.717) is 12.4 Å². The van der Waals surface area contributed by atoms with Crippen LogP contribution in [-0.2, 0) is 0 Å². The van der Waals surface area contributed by atoms with Crippen molar-refractivity contribution in [3.05, 3.63) is 53.2 Å². The average Bonchev–Trinajstić information content (AvgIpc) is 3.28. The minimum Gasteiger partial charge on any atom is -0.324 e. The highest BCUT2D eigenvalue weighted by molar-refractivity contribution is 5.89. The van der Waals surface area contributed by atoms with Crippen LogP contribution in [-0.4, -0.2) is 49.0 Å². The third-order valence-electron chi connectivity index (χ3n) is 5.10. The summed E-state index contributed by atoms with van der Waals surface area (Å²) < 4.78 is 1.79. The summed E-state index contributed by atoms with van der Waals surface area (Å²) in [4.78, 5) is 19.2. The summed E-state index contributed by atoms with van der Waals surface area (Å²) in [6, 6.07) is 9.77. The van der Waals surface area contributed by atoms with Gasteiger partial charge in [-0.1, -0.05) is 18.2 Å². The van der Waals surface area contributed by atoms with Crippen LogP contribution in [0.2, 0.25) is 0 Å². The fourth-order valence-electron chi connectivity index (χ4n) is 3.68. The quantitative estimate of drug-likeness (QED) is 0.730. The molecule has 0 bridgehead atoms. The fourth-order valence-corrected chi connectivity index (χ4v) is 3.68. The first kappa shape index (κ1) is 18.2. The third kappa shape index (κ3) is 3.62. The van der Waals surface area contributed by atoms with E-state index in [4.69, 9.17) is 0 Å². The van der Waals surface area contributed by atoms with Crippen LogP contribution in [0.5, 0.6) is 0 Å². The molecule has 2 N–H and O–H groups in total. The number of hydrogen-bond donors (Lipinski definition) is 2. The van der Waals surface area contributed by atoms with Crippen LogP contribution >= 0.6 is 0 Å². The summed E-state index contributed by atoms with van der Waals surface area (Å²) in [6.07, 6.45) is 1.92. The Hall–Kier alpha value is -3.16. The number of benzene rings is 1. The Morgan fingerprint density at radius 1 is 1.25 bits per heavy atom. The molecule has 0 aliphatic carbocycles. The SMILES string of the molecule is Cc1cc(NC(=O)N2CCC[C@H](c3n[nH]c(C)n3)C2)n(-c2ccccc2C)n1. The van der Waals surface area contributed by atoms with E-state index in [9.17, 15) is 4.79 Å². The zero-order valence-electron chi connectivity index (χ0n) is 16.4. The Morgan fingerprint density at radius 3 is 2.82 bits per heavy atom. The molecule has 1 aromatic carbocycles. The highest BCUT2D eigenvalue weighted by Crippen LogP contribution is 2.26. The number of urea groups is 1. The van der Waals surface area contributed by atoms with Crippen molar-refractivity contribution < 1.29 is 4.79 Å². The van der Waals surface area contributed by atoms with Crippen molar-refractivity contribution in [2.75, 3.05) is 18.4 Å². The normalized spacial score (nSPS) is 17.0. The number of aryl methyl sites for hydroxylation is 3. The molecule has 3 heterocycles. The molecule has 1 fully saturated rings. The van der Waals surface area contributed by atoms with Crippen LogP contribution in [0.3, 0.4) is 0 Å². The maximum absolute atomic E-state index is 13.0. The molecule has 3 aromatic rings. The van der Waals surface area contributed by atoms with E-state index in [0.717, 1.165) is 48.0 Å². The second kappa shape index (κ2) is 7.46. The largest absolute Gasteiger partial charge is 0.324 e. The number of piperidine rings is 1. The predicted octanol–water partition coefficient (Wildman–Crippen LogP) is 3.33. The van der Waals surface area contributed by atoms with Crippen molar-refractivity contribution >= 4 is 11.8 Å². The fraction of sp³-hybridized carbons (Fsp3) is 0.400. The van der Waals surface area contributed by atoms with Crippen LogP contribution in [0.15, 0.2) is 30.3 Å². The number of H-pyrrole nitrogens is 1. The molecule has 1 aliphatic heterocycles. The minimum atomic E-state index is -0.119. The molecular formula is C20H25N7O. The minimum absolute atomic E-state index is 0.119. The number of anilines is 1. The molecule has 4 rings (SSSR count). The molecule has 0 radical (unpaired) electrons. The number of aromatic amines is 1. The molecule has 28 heavy (non-hydrogen) atoms. The number of carbonyl (C=O) groups excluding carboxylic acids is 1. The van der Waals surface area contributed by atoms with Gasteiger partial charge in [0.1, 0.15) is 11.6 Å². The Morgan fingerprint density at radius 2 is 2.07 bits per heavy atom. The number of nitrogens with zero attached hydrogens (tertiary/aromatic N) is 5. The Kier molecular flexibility index (Phi) is 4.85. The van der Waals surface area contributed by atoms with E-state index in [-0.39, 0.29) is 11.9 Å². The van der Waals surface area contributed by atoms with Gasteiger partial charge in [-0.05, 0) is 45.2 Å². The first-order chi connectivity index (χ1) is 13.5. The topological polar surface area (TPSA) is 91.7 Å². The molecule has 0 saturated carbocycles. The number of rotatable bonds is 3. The summed E-state index contributed by atoms with van der Waals surface area (Å²) in [6.45, 7) is 7.18. The van der Waals surface area contributed by atoms with E-state index in [2.05, 4.69) is 25.6 Å². The zero-order valence-corrected chi connectivity index (χ0v) is 16.4. The van der Waals surface area contributed by atoms with Crippen LogP contribution in [0.25, 0.3) is 5.69 Å². The number of aromatic nitrogens is 5. The van der Waals surface area contributed by atoms with E-state index in [1.54, 1.807) is 4.68 Å². The Bertz CT molecular complexity index is 990. The maximum Gasteiger partial charge on any atom is 0.323 e. The standard InChI is InChI=1S/C20H25N7O/c1-13-7-4-5-9-17(13)27-18(11-14(2)25-27)22-20(28)26-10-6-8-16(12-26)19-21-15(3)23-24-19/h4-5,7,9,11,16H,6,8,10,12H2,1-3H3,(H,22,28)(H,21,23,24)/t16-/m0/s1. The highest BCUT2D eigenvalue weighted by Gasteiger charge is 2.28. The summed E-state index contributed by atoms with van der Waals surface area (Å²) in [5.41, 5.74) is 2.91. The van der Waals surface area contributed by atoms with Crippen LogP contribution in [0, 0.1) is 20.8 Å². The maximum atomic E-state index is 13.0. The first-order valence-electron chi connectivity index (χ1n) is 9.59. The van der Waals surface area contributed by atoms with Gasteiger partial charge < -0.3 is 4.90 Å². The summed E-state index contributed by atoms with van der Waals surface area (Å²) >= 11 is 0. The average molecular weight is 379 g/mol. The van der Waals surface area contributed by atoms with E-state index < -0.39 is 0 Å². The molecule has 0 spiro atoms. The van der Waals surface area contributed by atoms with Gasteiger partial charge in [-0.2, -0.15) is 10.2 Å². The Labute approximate surface area is 164 Å². The van der Waals surface area contributed by atoms with Gasteiger partial charge in [0.05, 0.1) is 11.4 Å². The lowest BCUT2D eigenvalue weighted by Crippen LogP contribution is -2.42. The smallest absolute Gasteiger partial charge is 0.323 e. The van der Waals surface area contributed by atoms with Gasteiger partial charge in [-0.25, -0.2) is 14.5 Å². The van der Waals surface area contributed by atoms with Gasteiger partial charge in [0, 0.05) is 25.1 Å². The molecule has 8 heteroatoms. The van der Waals surface area contributed by atoms with E-state index >= 15 is 0 Å². The van der Waals surface area contributed by atoms with Crippen LogP contribution in [0.1, 0.15) is 41.7 Å². The molecule has 0 unspecified atom stereocenters. The second-order valence-electron chi connectivity index (χ2n) is 7.36. The van der Waals surface area contributed by atoms with Crippen molar-refractivity contribution in [1.29, 1.82) is 0 Å². The molecule has 1 saturated heterocycles. The molecule has 1 aliphatic rings. The van der Waals surface area contributed by atoms with Gasteiger partial charge in [0.2, 0.25) is 0 Å². The predicted molar refractivity (Wildman–Crippen MR) is 107 cm³/mol. The lowest BCUT2D eigenvalue weighted by Gasteiger charge is -2.31. The number of hydrogen-bond acceptors (Lipinski definition) is 4. The Balaban J connectivity index is 1.52. The third-order valence-corrected chi connectivity index (χ3v) is 5.10. The number of likely N-dealkylation sites (tertiary alicyclic amines) is 1. The zero-order chi connectivity index (χ0) is 19.7. The van der Waals surface area contributed by atoms with Crippen molar-refractivity contribution in [1.82, 2.24) is 29.9 Å². The van der Waals surface area contributed by atoms with E-state index in [1.807, 2.05) is 56.0 Å². The summed E-state index contributed by atoms with van der Waals surface area (Å²) in [5, 5.41) is 14.8. The molecule has 8 nitrogen and oxygen atoms in total. The molecule has 2 amide bonds. The molecule has 2 aromatic heterocycles. The monoisotopic (exact) mass is 379 g/mol. The van der Waals surface area contributed by atoms with Gasteiger partial charge >= 0.3 is 6.03 Å². The van der Waals surface area contributed by atoms with E-state index in [1.165, 1.54) is 0 Å². The number of amides is 2. The first-order valence-corrected chi connectivity index (χ1v) is 9.59. The second-order valence-corrected chi connectivity index (χ2v) is 7.36. The van der Waals surface area contributed by atoms with Crippen molar-refractivity contribution in [3.63, 3.8) is 0 Å². The van der Waals surface area contributed by atoms with Gasteiger partial charge in [0.15, 0.2) is 5.82 Å². The number of carbonyl (C=O) groups is 1. The van der Waals surface area contributed by atoms with Gasteiger partial charge in [-0.15, -0.1) is 0 Å². The van der Waals surface area contributed by atoms with Gasteiger partial charge in [-0.3, -0.25) is 10.4 Å². The van der Waals surface area contributed by atoms with Crippen LogP contribution < -0.4 is 5.32 Å².